The predicted molar refractivity (Wildman–Crippen MR) is 122 cm³/mol. The Balaban J connectivity index is 1.75. The van der Waals surface area contributed by atoms with Crippen LogP contribution < -0.4 is 0 Å². The maximum atomic E-state index is 13.4. The van der Waals surface area contributed by atoms with Crippen molar-refractivity contribution < 1.29 is 53.4 Å². The highest BCUT2D eigenvalue weighted by Gasteiger charge is 2.85. The fourth-order valence-corrected chi connectivity index (χ4v) is 8.21. The van der Waals surface area contributed by atoms with E-state index in [-0.39, 0.29) is 13.0 Å². The van der Waals surface area contributed by atoms with Gasteiger partial charge in [-0.1, -0.05) is 19.4 Å². The quantitative estimate of drug-likeness (QED) is 0.267. The summed E-state index contributed by atoms with van der Waals surface area (Å²) in [6.07, 6.45) is -3.29. The Morgan fingerprint density at radius 2 is 1.86 bits per heavy atom. The van der Waals surface area contributed by atoms with E-state index in [9.17, 15) is 34.5 Å². The normalized spacial score (nSPS) is 47.6. The van der Waals surface area contributed by atoms with E-state index < -0.39 is 94.0 Å². The van der Waals surface area contributed by atoms with Gasteiger partial charge in [0.2, 0.25) is 11.7 Å². The lowest BCUT2D eigenvalue weighted by Gasteiger charge is -2.67. The number of Topliss-reactive ketones (excluding diaryl/α,β-unsaturated/α-hetero) is 1. The van der Waals surface area contributed by atoms with E-state index in [2.05, 4.69) is 0 Å². The van der Waals surface area contributed by atoms with E-state index in [0.29, 0.717) is 5.57 Å². The molecule has 5 aliphatic rings. The van der Waals surface area contributed by atoms with Crippen molar-refractivity contribution in [3.63, 3.8) is 0 Å². The summed E-state index contributed by atoms with van der Waals surface area (Å²) in [5.74, 6) is -7.06. The first-order chi connectivity index (χ1) is 17.3. The lowest BCUT2D eigenvalue weighted by atomic mass is 9.38. The molecule has 2 bridgehead atoms. The van der Waals surface area contributed by atoms with Gasteiger partial charge in [-0.25, -0.2) is 14.4 Å². The zero-order chi connectivity index (χ0) is 27.2. The molecule has 0 amide bonds. The zero-order valence-electron chi connectivity index (χ0n) is 21.3. The Labute approximate surface area is 213 Å². The maximum absolute atomic E-state index is 13.4. The highest BCUT2D eigenvalue weighted by atomic mass is 16.6. The molecule has 2 aliphatic heterocycles. The Morgan fingerprint density at radius 3 is 2.49 bits per heavy atom. The molecule has 0 aromatic carbocycles. The van der Waals surface area contributed by atoms with Crippen LogP contribution in [0.3, 0.4) is 0 Å². The molecule has 202 valence electrons. The number of carbonyl (C=O) groups is 4. The second-order valence-electron chi connectivity index (χ2n) is 11.5. The number of fused-ring (bicyclic) bond motifs is 2. The molecule has 3 aliphatic carbocycles. The highest BCUT2D eigenvalue weighted by molar-refractivity contribution is 5.96. The number of esters is 3. The summed E-state index contributed by atoms with van der Waals surface area (Å²) < 4.78 is 22.5. The minimum absolute atomic E-state index is 0.171. The van der Waals surface area contributed by atoms with Gasteiger partial charge in [0.1, 0.15) is 12.2 Å². The third kappa shape index (κ3) is 3.04. The number of hydrogen-bond donors (Lipinski definition) is 3. The summed E-state index contributed by atoms with van der Waals surface area (Å²) in [6, 6.07) is 0. The summed E-state index contributed by atoms with van der Waals surface area (Å²) in [5.41, 5.74) is -3.98. The van der Waals surface area contributed by atoms with Crippen LogP contribution in [0, 0.1) is 34.5 Å². The van der Waals surface area contributed by atoms with Crippen molar-refractivity contribution in [3.05, 3.63) is 23.5 Å². The Morgan fingerprint density at radius 1 is 1.19 bits per heavy atom. The molecule has 11 atom stereocenters. The second kappa shape index (κ2) is 8.12. The van der Waals surface area contributed by atoms with Gasteiger partial charge in [0.25, 0.3) is 0 Å². The van der Waals surface area contributed by atoms with Gasteiger partial charge in [0.15, 0.2) is 11.5 Å². The molecule has 2 heterocycles. The SMILES string of the molecule is COC(=O)[C@@]12OC[C@]34[C@H]([C@@H](O)[C@@H]1O)[C@@]1(C)C=C(O)C(=O)C(C)[C@@H]1C[C@H]3OC(=O)[C@H](OC(=O)C=C(C)C)[C@@H]24. The van der Waals surface area contributed by atoms with Gasteiger partial charge < -0.3 is 34.3 Å². The van der Waals surface area contributed by atoms with Crippen LogP contribution in [0.4, 0.5) is 0 Å². The van der Waals surface area contributed by atoms with Crippen molar-refractivity contribution in [3.8, 4) is 0 Å². The Hall–Kier alpha value is -2.76. The molecule has 0 radical (unpaired) electrons. The number of allylic oxidation sites excluding steroid dienone is 3. The van der Waals surface area contributed by atoms with E-state index in [1.165, 1.54) is 12.2 Å². The standard InChI is InChI=1S/C26H32O11/c1-10(2)6-15(28)37-18-20-25-9-35-26(20,23(33)34-5)21(31)17(30)19(25)24(4)8-13(27)16(29)11(3)12(24)7-14(25)36-22(18)32/h6,8,11-12,14,17-21,27,30-31H,7,9H2,1-5H3/t11?,12-,14+,17+,18+,19+,20+,21-,24-,25+,26-/m0/s1. The molecular weight excluding hydrogens is 488 g/mol. The van der Waals surface area contributed by atoms with Gasteiger partial charge in [0, 0.05) is 23.3 Å². The Bertz CT molecular complexity index is 1140. The van der Waals surface area contributed by atoms with Crippen LogP contribution in [-0.4, -0.2) is 82.7 Å². The summed E-state index contributed by atoms with van der Waals surface area (Å²) in [6.45, 7) is 6.54. The largest absolute Gasteiger partial charge is 0.505 e. The fourth-order valence-electron chi connectivity index (χ4n) is 8.21. The summed E-state index contributed by atoms with van der Waals surface area (Å²) in [4.78, 5) is 52.0. The number of methoxy groups -OCH3 is 1. The summed E-state index contributed by atoms with van der Waals surface area (Å²) in [7, 11) is 1.09. The van der Waals surface area contributed by atoms with E-state index in [1.54, 1.807) is 27.7 Å². The molecule has 2 saturated heterocycles. The van der Waals surface area contributed by atoms with Crippen LogP contribution in [-0.2, 0) is 38.1 Å². The first-order valence-electron chi connectivity index (χ1n) is 12.4. The second-order valence-corrected chi connectivity index (χ2v) is 11.5. The number of hydrogen-bond acceptors (Lipinski definition) is 11. The van der Waals surface area contributed by atoms with Crippen LogP contribution in [0.25, 0.3) is 0 Å². The number of aliphatic hydroxyl groups excluding tert-OH is 3. The van der Waals surface area contributed by atoms with Crippen molar-refractivity contribution in [1.29, 1.82) is 0 Å². The molecule has 1 unspecified atom stereocenters. The average molecular weight is 521 g/mol. The van der Waals surface area contributed by atoms with E-state index in [1.807, 2.05) is 0 Å². The molecule has 4 fully saturated rings. The van der Waals surface area contributed by atoms with Gasteiger partial charge in [-0.15, -0.1) is 0 Å². The van der Waals surface area contributed by atoms with Crippen LogP contribution in [0.2, 0.25) is 0 Å². The topological polar surface area (TPSA) is 166 Å². The molecule has 11 nitrogen and oxygen atoms in total. The van der Waals surface area contributed by atoms with Crippen LogP contribution in [0.1, 0.15) is 34.1 Å². The highest BCUT2D eigenvalue weighted by Crippen LogP contribution is 2.72. The van der Waals surface area contributed by atoms with Crippen molar-refractivity contribution >= 4 is 23.7 Å². The van der Waals surface area contributed by atoms with E-state index in [4.69, 9.17) is 18.9 Å². The van der Waals surface area contributed by atoms with Crippen molar-refractivity contribution in [1.82, 2.24) is 0 Å². The maximum Gasteiger partial charge on any atom is 0.348 e. The molecule has 3 N–H and O–H groups in total. The van der Waals surface area contributed by atoms with Crippen molar-refractivity contribution in [2.45, 2.75) is 64.1 Å². The molecule has 5 rings (SSSR count). The third-order valence-electron chi connectivity index (χ3n) is 9.49. The van der Waals surface area contributed by atoms with Gasteiger partial charge in [-0.2, -0.15) is 0 Å². The monoisotopic (exact) mass is 520 g/mol. The van der Waals surface area contributed by atoms with Gasteiger partial charge in [-0.05, 0) is 37.7 Å². The molecule has 0 aromatic heterocycles. The number of rotatable bonds is 3. The van der Waals surface area contributed by atoms with Crippen molar-refractivity contribution in [2.75, 3.05) is 13.7 Å². The van der Waals surface area contributed by atoms with Crippen LogP contribution >= 0.6 is 0 Å². The fraction of sp³-hybridized carbons (Fsp3) is 0.692. The molecule has 0 aromatic rings. The summed E-state index contributed by atoms with van der Waals surface area (Å²) >= 11 is 0. The lowest BCUT2D eigenvalue weighted by molar-refractivity contribution is -0.288. The number of carbonyl (C=O) groups excluding carboxylic acids is 4. The van der Waals surface area contributed by atoms with Crippen molar-refractivity contribution in [2.24, 2.45) is 34.5 Å². The van der Waals surface area contributed by atoms with E-state index >= 15 is 0 Å². The summed E-state index contributed by atoms with van der Waals surface area (Å²) in [5, 5.41) is 33.7. The molecule has 2 saturated carbocycles. The van der Waals surface area contributed by atoms with Gasteiger partial charge in [-0.3, -0.25) is 4.79 Å². The first kappa shape index (κ1) is 25.9. The number of ether oxygens (including phenoxy) is 4. The van der Waals surface area contributed by atoms with Gasteiger partial charge in [0.05, 0.1) is 25.7 Å². The average Bonchev–Trinajstić information content (AvgIpc) is 3.12. The molecule has 1 spiro atoms. The molecular formula is C26H32O11. The zero-order valence-corrected chi connectivity index (χ0v) is 21.3. The minimum atomic E-state index is -2.22. The van der Waals surface area contributed by atoms with Gasteiger partial charge >= 0.3 is 17.9 Å². The number of aliphatic hydroxyl groups is 3. The molecule has 11 heteroatoms. The predicted octanol–water partition coefficient (Wildman–Crippen LogP) is 0.373. The number of ketones is 1. The Kier molecular flexibility index (Phi) is 5.68. The van der Waals surface area contributed by atoms with E-state index in [0.717, 1.165) is 7.11 Å². The third-order valence-corrected chi connectivity index (χ3v) is 9.49. The minimum Gasteiger partial charge on any atom is -0.505 e. The van der Waals surface area contributed by atoms with Crippen LogP contribution in [0.15, 0.2) is 23.5 Å². The lowest BCUT2D eigenvalue weighted by Crippen LogP contribution is -2.79. The first-order valence-corrected chi connectivity index (χ1v) is 12.4. The van der Waals surface area contributed by atoms with Crippen LogP contribution in [0.5, 0.6) is 0 Å². The smallest absolute Gasteiger partial charge is 0.348 e. The molecule has 37 heavy (non-hydrogen) atoms.